The van der Waals surface area contributed by atoms with Crippen molar-refractivity contribution in [3.05, 3.63) is 131 Å². The van der Waals surface area contributed by atoms with Gasteiger partial charge in [0.05, 0.1) is 18.8 Å². The van der Waals surface area contributed by atoms with Crippen molar-refractivity contribution >= 4 is 5.91 Å². The zero-order valence-corrected chi connectivity index (χ0v) is 25.9. The number of aliphatic hydroxyl groups excluding tert-OH is 1. The minimum atomic E-state index is -0.463. The van der Waals surface area contributed by atoms with Crippen LogP contribution in [0.15, 0.2) is 103 Å². The molecule has 6 heteroatoms. The molecular formula is C39H44N2O4. The highest BCUT2D eigenvalue weighted by atomic mass is 16.7. The van der Waals surface area contributed by atoms with Gasteiger partial charge in [-0.05, 0) is 71.9 Å². The maximum absolute atomic E-state index is 12.5. The van der Waals surface area contributed by atoms with Crippen molar-refractivity contribution in [1.29, 1.82) is 0 Å². The standard InChI is InChI=1S/C39H44N2O4/c42-28-29-14-16-32(17-15-29)37-25-36(27-41-22-7-2-1-3-8-23-41)44-39(45-37)34-20-18-31(19-21-34)35-13-9-10-30(24-35)26-40-38(43)33-11-5-4-6-12-33/h4-6,9-21,24,36-37,39,42H,1-3,7-8,22-23,25-28H2,(H,40,43)/t36-,37+,39+/m1/s1. The monoisotopic (exact) mass is 604 g/mol. The van der Waals surface area contributed by atoms with Crippen molar-refractivity contribution in [1.82, 2.24) is 10.2 Å². The molecule has 0 unspecified atom stereocenters. The summed E-state index contributed by atoms with van der Waals surface area (Å²) in [4.78, 5) is 15.1. The lowest BCUT2D eigenvalue weighted by Crippen LogP contribution is -2.40. The molecule has 6 rings (SSSR count). The Balaban J connectivity index is 1.15. The molecule has 0 saturated carbocycles. The Hall–Kier alpha value is -3.81. The van der Waals surface area contributed by atoms with Crippen molar-refractivity contribution in [2.24, 2.45) is 0 Å². The molecule has 0 radical (unpaired) electrons. The van der Waals surface area contributed by atoms with E-state index in [4.69, 9.17) is 9.47 Å². The molecule has 2 heterocycles. The SMILES string of the molecule is O=C(NCc1cccc(-c2ccc([C@H]3O[C@@H](CN4CCCCCCC4)C[C@@H](c4ccc(CO)cc4)O3)cc2)c1)c1ccccc1. The number of likely N-dealkylation sites (tertiary alicyclic amines) is 1. The van der Waals surface area contributed by atoms with E-state index in [9.17, 15) is 9.90 Å². The Kier molecular flexibility index (Phi) is 10.7. The largest absolute Gasteiger partial charge is 0.392 e. The molecule has 2 N–H and O–H groups in total. The third-order valence-corrected chi connectivity index (χ3v) is 8.96. The van der Waals surface area contributed by atoms with Crippen LogP contribution in [0.5, 0.6) is 0 Å². The number of nitrogens with one attached hydrogen (secondary N) is 1. The Morgan fingerprint density at radius 2 is 1.44 bits per heavy atom. The van der Waals surface area contributed by atoms with Gasteiger partial charge in [0.25, 0.3) is 5.91 Å². The molecule has 2 saturated heterocycles. The summed E-state index contributed by atoms with van der Waals surface area (Å²) in [5.74, 6) is -0.0786. The van der Waals surface area contributed by atoms with Crippen molar-refractivity contribution in [2.75, 3.05) is 19.6 Å². The number of benzene rings is 4. The molecule has 2 aliphatic heterocycles. The second-order valence-electron chi connectivity index (χ2n) is 12.3. The fourth-order valence-electron chi connectivity index (χ4n) is 6.38. The van der Waals surface area contributed by atoms with Gasteiger partial charge in [0, 0.05) is 30.6 Å². The van der Waals surface area contributed by atoms with E-state index < -0.39 is 6.29 Å². The summed E-state index contributed by atoms with van der Waals surface area (Å²) in [6.45, 7) is 3.67. The summed E-state index contributed by atoms with van der Waals surface area (Å²) < 4.78 is 13.3. The van der Waals surface area contributed by atoms with Crippen LogP contribution in [0.1, 0.15) is 83.5 Å². The summed E-state index contributed by atoms with van der Waals surface area (Å²) in [5.41, 5.74) is 6.91. The molecule has 45 heavy (non-hydrogen) atoms. The summed E-state index contributed by atoms with van der Waals surface area (Å²) in [5, 5.41) is 12.6. The Morgan fingerprint density at radius 1 is 0.733 bits per heavy atom. The van der Waals surface area contributed by atoms with Crippen molar-refractivity contribution in [3.63, 3.8) is 0 Å². The second-order valence-corrected chi connectivity index (χ2v) is 12.3. The molecule has 2 fully saturated rings. The smallest absolute Gasteiger partial charge is 0.251 e. The quantitative estimate of drug-likeness (QED) is 0.206. The van der Waals surface area contributed by atoms with Gasteiger partial charge in [-0.3, -0.25) is 4.79 Å². The molecule has 2 aliphatic rings. The van der Waals surface area contributed by atoms with E-state index in [-0.39, 0.29) is 24.7 Å². The molecule has 4 aromatic carbocycles. The first-order valence-electron chi connectivity index (χ1n) is 16.4. The zero-order chi connectivity index (χ0) is 30.8. The Labute approximate surface area is 267 Å². The molecule has 0 spiro atoms. The summed E-state index contributed by atoms with van der Waals surface area (Å²) in [6.07, 6.45) is 6.79. The summed E-state index contributed by atoms with van der Waals surface area (Å²) in [6, 6.07) is 34.1. The van der Waals surface area contributed by atoms with Crippen LogP contribution >= 0.6 is 0 Å². The van der Waals surface area contributed by atoms with E-state index in [2.05, 4.69) is 58.7 Å². The fourth-order valence-corrected chi connectivity index (χ4v) is 6.38. The van der Waals surface area contributed by atoms with E-state index in [1.807, 2.05) is 54.6 Å². The van der Waals surface area contributed by atoms with Crippen LogP contribution in [0.4, 0.5) is 0 Å². The minimum absolute atomic E-state index is 0.0344. The topological polar surface area (TPSA) is 71.0 Å². The fraction of sp³-hybridized carbons (Fsp3) is 0.359. The number of hydrogen-bond donors (Lipinski definition) is 2. The number of carbonyl (C=O) groups is 1. The van der Waals surface area contributed by atoms with Gasteiger partial charge in [0.15, 0.2) is 6.29 Å². The highest BCUT2D eigenvalue weighted by Crippen LogP contribution is 2.39. The van der Waals surface area contributed by atoms with Gasteiger partial charge in [-0.1, -0.05) is 104 Å². The highest BCUT2D eigenvalue weighted by Gasteiger charge is 2.33. The molecule has 3 atom stereocenters. The first-order valence-corrected chi connectivity index (χ1v) is 16.4. The highest BCUT2D eigenvalue weighted by molar-refractivity contribution is 5.94. The molecule has 4 aromatic rings. The van der Waals surface area contributed by atoms with Crippen molar-refractivity contribution in [3.8, 4) is 11.1 Å². The predicted molar refractivity (Wildman–Crippen MR) is 177 cm³/mol. The van der Waals surface area contributed by atoms with Crippen molar-refractivity contribution in [2.45, 2.75) is 70.2 Å². The predicted octanol–water partition coefficient (Wildman–Crippen LogP) is 7.59. The summed E-state index contributed by atoms with van der Waals surface area (Å²) >= 11 is 0. The van der Waals surface area contributed by atoms with E-state index in [0.29, 0.717) is 12.1 Å². The maximum atomic E-state index is 12.5. The number of amides is 1. The molecule has 0 aliphatic carbocycles. The first-order chi connectivity index (χ1) is 22.1. The molecule has 0 bridgehead atoms. The molecule has 1 amide bonds. The molecule has 234 valence electrons. The van der Waals surface area contributed by atoms with Gasteiger partial charge in [-0.25, -0.2) is 0 Å². The number of hydrogen-bond acceptors (Lipinski definition) is 5. The first kappa shape index (κ1) is 31.2. The third kappa shape index (κ3) is 8.47. The number of nitrogens with zero attached hydrogens (tertiary/aromatic N) is 1. The summed E-state index contributed by atoms with van der Waals surface area (Å²) in [7, 11) is 0. The van der Waals surface area contributed by atoms with Gasteiger partial charge < -0.3 is 24.8 Å². The molecular weight excluding hydrogens is 560 g/mol. The van der Waals surface area contributed by atoms with E-state index >= 15 is 0 Å². The van der Waals surface area contributed by atoms with Gasteiger partial charge in [-0.2, -0.15) is 0 Å². The van der Waals surface area contributed by atoms with Crippen LogP contribution in [0, 0.1) is 0 Å². The number of rotatable bonds is 9. The lowest BCUT2D eigenvalue weighted by molar-refractivity contribution is -0.253. The zero-order valence-electron chi connectivity index (χ0n) is 25.9. The maximum Gasteiger partial charge on any atom is 0.251 e. The van der Waals surface area contributed by atoms with E-state index in [1.165, 1.54) is 32.1 Å². The van der Waals surface area contributed by atoms with Crippen LogP contribution in [-0.2, 0) is 22.6 Å². The Morgan fingerprint density at radius 3 is 2.18 bits per heavy atom. The average Bonchev–Trinajstić information content (AvgIpc) is 3.09. The van der Waals surface area contributed by atoms with Crippen LogP contribution in [0.3, 0.4) is 0 Å². The normalized spacial score (nSPS) is 21.0. The number of aliphatic hydroxyl groups is 1. The Bertz CT molecular complexity index is 1500. The van der Waals surface area contributed by atoms with E-state index in [0.717, 1.165) is 59.4 Å². The van der Waals surface area contributed by atoms with Crippen molar-refractivity contribution < 1.29 is 19.4 Å². The number of carbonyl (C=O) groups excluding carboxylic acids is 1. The molecule has 0 aromatic heterocycles. The molecule has 6 nitrogen and oxygen atoms in total. The number of ether oxygens (including phenoxy) is 2. The second kappa shape index (κ2) is 15.5. The third-order valence-electron chi connectivity index (χ3n) is 8.96. The van der Waals surface area contributed by atoms with E-state index in [1.54, 1.807) is 0 Å². The average molecular weight is 605 g/mol. The van der Waals surface area contributed by atoms with Crippen LogP contribution in [0.25, 0.3) is 11.1 Å². The van der Waals surface area contributed by atoms with Gasteiger partial charge in [0.1, 0.15) is 0 Å². The van der Waals surface area contributed by atoms with Gasteiger partial charge in [-0.15, -0.1) is 0 Å². The van der Waals surface area contributed by atoms with Gasteiger partial charge in [0.2, 0.25) is 0 Å². The van der Waals surface area contributed by atoms with Crippen LogP contribution in [-0.4, -0.2) is 41.7 Å². The van der Waals surface area contributed by atoms with Crippen LogP contribution < -0.4 is 5.32 Å². The van der Waals surface area contributed by atoms with Gasteiger partial charge >= 0.3 is 0 Å². The lowest BCUT2D eigenvalue weighted by atomic mass is 9.98. The lowest BCUT2D eigenvalue weighted by Gasteiger charge is -2.38. The van der Waals surface area contributed by atoms with Crippen LogP contribution in [0.2, 0.25) is 0 Å². The minimum Gasteiger partial charge on any atom is -0.392 e.